The SMILES string of the molecule is CC(OC(=O)CCC(=O)OC1C2OC(=O)C3C2OC1C3C(=O)OC1(C2CCCCC2)CCCC1)C(F)(F)S(=O)(=O)O. The van der Waals surface area contributed by atoms with Crippen LogP contribution < -0.4 is 0 Å². The summed E-state index contributed by atoms with van der Waals surface area (Å²) in [6.07, 6.45) is 0.879. The molecule has 0 radical (unpaired) electrons. The molecule has 12 nitrogen and oxygen atoms in total. The maximum Gasteiger partial charge on any atom is 0.405 e. The number of ether oxygens (including phenoxy) is 5. The topological polar surface area (TPSA) is 169 Å². The fraction of sp³-hybridized carbons (Fsp3) is 0.846. The smallest absolute Gasteiger partial charge is 0.405 e. The van der Waals surface area contributed by atoms with Gasteiger partial charge in [0.2, 0.25) is 0 Å². The summed E-state index contributed by atoms with van der Waals surface area (Å²) in [5, 5.41) is -4.75. The average molecular weight is 609 g/mol. The van der Waals surface area contributed by atoms with Gasteiger partial charge in [-0.2, -0.15) is 17.2 Å². The first-order chi connectivity index (χ1) is 19.2. The molecule has 5 rings (SSSR count). The Morgan fingerprint density at radius 3 is 2.29 bits per heavy atom. The lowest BCUT2D eigenvalue weighted by Crippen LogP contribution is -2.50. The van der Waals surface area contributed by atoms with E-state index in [-0.39, 0.29) is 5.92 Å². The Labute approximate surface area is 235 Å². The van der Waals surface area contributed by atoms with Gasteiger partial charge in [-0.15, -0.1) is 0 Å². The van der Waals surface area contributed by atoms with Crippen LogP contribution in [0.15, 0.2) is 0 Å². The van der Waals surface area contributed by atoms with Crippen LogP contribution in [-0.4, -0.2) is 78.2 Å². The van der Waals surface area contributed by atoms with Crippen LogP contribution in [0.4, 0.5) is 8.78 Å². The molecule has 41 heavy (non-hydrogen) atoms. The quantitative estimate of drug-likeness (QED) is 0.219. The van der Waals surface area contributed by atoms with Crippen LogP contribution in [0.25, 0.3) is 0 Å². The highest BCUT2D eigenvalue weighted by Gasteiger charge is 2.72. The Kier molecular flexibility index (Phi) is 8.09. The molecule has 5 aliphatic rings. The Balaban J connectivity index is 1.21. The summed E-state index contributed by atoms with van der Waals surface area (Å²) in [6, 6.07) is 0. The average Bonchev–Trinajstić information content (AvgIpc) is 3.66. The van der Waals surface area contributed by atoms with Gasteiger partial charge in [-0.3, -0.25) is 23.7 Å². The predicted octanol–water partition coefficient (Wildman–Crippen LogP) is 2.47. The number of halogens is 2. The van der Waals surface area contributed by atoms with Gasteiger partial charge in [0.15, 0.2) is 18.3 Å². The molecule has 5 fully saturated rings. The van der Waals surface area contributed by atoms with E-state index in [1.807, 2.05) is 0 Å². The van der Waals surface area contributed by atoms with Gasteiger partial charge in [0.25, 0.3) is 0 Å². The molecule has 3 heterocycles. The predicted molar refractivity (Wildman–Crippen MR) is 131 cm³/mol. The lowest BCUT2D eigenvalue weighted by Gasteiger charge is -2.40. The fourth-order valence-corrected chi connectivity index (χ4v) is 7.62. The zero-order valence-corrected chi connectivity index (χ0v) is 23.3. The number of rotatable bonds is 10. The van der Waals surface area contributed by atoms with E-state index in [9.17, 15) is 36.4 Å². The molecular weight excluding hydrogens is 574 g/mol. The van der Waals surface area contributed by atoms with E-state index >= 15 is 0 Å². The molecule has 230 valence electrons. The van der Waals surface area contributed by atoms with E-state index in [4.69, 9.17) is 23.5 Å². The third-order valence-electron chi connectivity index (χ3n) is 9.21. The lowest BCUT2D eigenvalue weighted by atomic mass is 9.75. The zero-order chi connectivity index (χ0) is 29.7. The van der Waals surface area contributed by atoms with E-state index < -0.39 is 100 Å². The first-order valence-electron chi connectivity index (χ1n) is 14.1. The van der Waals surface area contributed by atoms with Gasteiger partial charge in [-0.1, -0.05) is 19.3 Å². The van der Waals surface area contributed by atoms with Crippen LogP contribution >= 0.6 is 0 Å². The van der Waals surface area contributed by atoms with Gasteiger partial charge in [0, 0.05) is 0 Å². The highest BCUT2D eigenvalue weighted by Crippen LogP contribution is 2.53. The number of fused-ring (bicyclic) bond motifs is 1. The Morgan fingerprint density at radius 2 is 1.66 bits per heavy atom. The van der Waals surface area contributed by atoms with Crippen molar-refractivity contribution in [2.24, 2.45) is 17.8 Å². The number of carbonyl (C=O) groups excluding carboxylic acids is 4. The van der Waals surface area contributed by atoms with Crippen molar-refractivity contribution in [1.29, 1.82) is 0 Å². The van der Waals surface area contributed by atoms with Gasteiger partial charge in [-0.25, -0.2) is 0 Å². The minimum Gasteiger partial charge on any atom is -0.458 e. The van der Waals surface area contributed by atoms with Crippen molar-refractivity contribution < 1.29 is 64.6 Å². The lowest BCUT2D eigenvalue weighted by molar-refractivity contribution is -0.179. The standard InChI is InChI=1S/C26H34F2O12S/c1-13(26(27,28)41(33,34)35)36-15(29)9-10-16(30)37-21-20-18(17-19(38-20)22(21)39-23(17)31)24(32)40-25(11-5-6-12-25)14-7-3-2-4-8-14/h13-14,17-22H,2-12H2,1H3,(H,33,34,35). The van der Waals surface area contributed by atoms with E-state index in [1.54, 1.807) is 0 Å². The van der Waals surface area contributed by atoms with Crippen LogP contribution in [0.3, 0.4) is 0 Å². The second-order valence-corrected chi connectivity index (χ2v) is 13.2. The molecule has 3 aliphatic heterocycles. The Hall–Kier alpha value is -2.39. The monoisotopic (exact) mass is 608 g/mol. The molecule has 2 saturated carbocycles. The van der Waals surface area contributed by atoms with E-state index in [2.05, 4.69) is 4.74 Å². The largest absolute Gasteiger partial charge is 0.458 e. The molecule has 0 aromatic rings. The molecule has 7 atom stereocenters. The molecule has 15 heteroatoms. The fourth-order valence-electron chi connectivity index (χ4n) is 7.15. The van der Waals surface area contributed by atoms with E-state index in [0.29, 0.717) is 6.92 Å². The number of carbonyl (C=O) groups is 4. The third kappa shape index (κ3) is 5.44. The molecule has 7 unspecified atom stereocenters. The number of alkyl halides is 2. The van der Waals surface area contributed by atoms with Crippen molar-refractivity contribution in [3.8, 4) is 0 Å². The summed E-state index contributed by atoms with van der Waals surface area (Å²) in [5.41, 5.74) is -0.586. The molecule has 2 bridgehead atoms. The normalized spacial score (nSPS) is 33.3. The van der Waals surface area contributed by atoms with Crippen LogP contribution in [0.2, 0.25) is 0 Å². The molecule has 0 aromatic carbocycles. The van der Waals surface area contributed by atoms with Gasteiger partial charge >= 0.3 is 39.2 Å². The van der Waals surface area contributed by atoms with Gasteiger partial charge in [0.1, 0.15) is 29.6 Å². The van der Waals surface area contributed by atoms with Gasteiger partial charge < -0.3 is 23.7 Å². The van der Waals surface area contributed by atoms with Crippen molar-refractivity contribution in [1.82, 2.24) is 0 Å². The van der Waals surface area contributed by atoms with Crippen molar-refractivity contribution in [2.45, 2.75) is 119 Å². The number of esters is 4. The molecule has 0 aromatic heterocycles. The first kappa shape index (κ1) is 30.1. The van der Waals surface area contributed by atoms with Crippen LogP contribution in [0, 0.1) is 17.8 Å². The maximum atomic E-state index is 13.6. The summed E-state index contributed by atoms with van der Waals surface area (Å²) < 4.78 is 84.8. The van der Waals surface area contributed by atoms with Gasteiger partial charge in [-0.05, 0) is 51.4 Å². The molecular formula is C26H34F2O12S. The molecule has 3 saturated heterocycles. The maximum absolute atomic E-state index is 13.6. The van der Waals surface area contributed by atoms with Crippen molar-refractivity contribution >= 4 is 34.0 Å². The molecule has 0 spiro atoms. The molecule has 0 amide bonds. The number of hydrogen-bond acceptors (Lipinski definition) is 11. The van der Waals surface area contributed by atoms with Crippen LogP contribution in [0.1, 0.15) is 77.6 Å². The van der Waals surface area contributed by atoms with Crippen molar-refractivity contribution in [3.05, 3.63) is 0 Å². The summed E-state index contributed by atoms with van der Waals surface area (Å²) in [6.45, 7) is 0.574. The number of hydrogen-bond donors (Lipinski definition) is 1. The van der Waals surface area contributed by atoms with E-state index in [0.717, 1.165) is 57.8 Å². The van der Waals surface area contributed by atoms with Crippen LogP contribution in [0.5, 0.6) is 0 Å². The van der Waals surface area contributed by atoms with Crippen molar-refractivity contribution in [3.63, 3.8) is 0 Å². The van der Waals surface area contributed by atoms with Crippen molar-refractivity contribution in [2.75, 3.05) is 0 Å². The van der Waals surface area contributed by atoms with Gasteiger partial charge in [0.05, 0.1) is 12.8 Å². The minimum absolute atomic E-state index is 0.249. The first-order valence-corrected chi connectivity index (χ1v) is 15.5. The highest BCUT2D eigenvalue weighted by atomic mass is 32.2. The Bertz CT molecular complexity index is 1180. The Morgan fingerprint density at radius 1 is 1.02 bits per heavy atom. The summed E-state index contributed by atoms with van der Waals surface area (Å²) in [4.78, 5) is 50.8. The third-order valence-corrected chi connectivity index (χ3v) is 10.2. The van der Waals surface area contributed by atoms with Crippen LogP contribution in [-0.2, 0) is 53.0 Å². The minimum atomic E-state index is -5.83. The second-order valence-electron chi connectivity index (χ2n) is 11.7. The highest BCUT2D eigenvalue weighted by molar-refractivity contribution is 7.86. The summed E-state index contributed by atoms with van der Waals surface area (Å²) >= 11 is 0. The zero-order valence-electron chi connectivity index (χ0n) is 22.5. The molecule has 1 N–H and O–H groups in total. The summed E-state index contributed by atoms with van der Waals surface area (Å²) in [7, 11) is -5.83. The summed E-state index contributed by atoms with van der Waals surface area (Å²) in [5.74, 6) is -5.18. The second kappa shape index (κ2) is 11.0. The molecule has 2 aliphatic carbocycles. The van der Waals surface area contributed by atoms with E-state index in [1.165, 1.54) is 0 Å².